The molecule has 0 radical (unpaired) electrons. The molecule has 0 saturated heterocycles. The number of nitrogen functional groups attached to an aromatic ring is 1. The van der Waals surface area contributed by atoms with Gasteiger partial charge in [-0.3, -0.25) is 4.40 Å². The van der Waals surface area contributed by atoms with E-state index in [1.54, 1.807) is 10.5 Å². The zero-order valence-corrected chi connectivity index (χ0v) is 11.7. The third-order valence-corrected chi connectivity index (χ3v) is 3.67. The quantitative estimate of drug-likeness (QED) is 0.617. The van der Waals surface area contributed by atoms with Crippen molar-refractivity contribution in [2.45, 2.75) is 6.42 Å². The minimum atomic E-state index is -0.311. The highest BCUT2D eigenvalue weighted by Gasteiger charge is 2.11. The molecule has 2 N–H and O–H groups in total. The molecule has 0 aliphatic carbocycles. The first-order chi connectivity index (χ1) is 10.7. The Morgan fingerprint density at radius 2 is 1.86 bits per heavy atom. The van der Waals surface area contributed by atoms with Gasteiger partial charge in [0.05, 0.1) is 11.2 Å². The number of fused-ring (bicyclic) bond motifs is 3. The van der Waals surface area contributed by atoms with Gasteiger partial charge in [-0.25, -0.2) is 14.4 Å². The van der Waals surface area contributed by atoms with E-state index < -0.39 is 0 Å². The number of hydrogen-bond acceptors (Lipinski definition) is 3. The van der Waals surface area contributed by atoms with Crippen LogP contribution in [0.4, 0.5) is 10.3 Å². The van der Waals surface area contributed by atoms with E-state index in [0.717, 1.165) is 11.3 Å². The molecule has 108 valence electrons. The van der Waals surface area contributed by atoms with Gasteiger partial charge in [0.25, 0.3) is 0 Å². The predicted octanol–water partition coefficient (Wildman–Crippen LogP) is 3.19. The van der Waals surface area contributed by atoms with Crippen LogP contribution in [-0.4, -0.2) is 14.4 Å². The number of nitrogens with two attached hydrogens (primary N) is 1. The normalized spacial score (nSPS) is 11.3. The van der Waals surface area contributed by atoms with Gasteiger partial charge >= 0.3 is 0 Å². The maximum atomic E-state index is 13.5. The van der Waals surface area contributed by atoms with Crippen molar-refractivity contribution in [2.75, 3.05) is 5.73 Å². The summed E-state index contributed by atoms with van der Waals surface area (Å²) in [6.45, 7) is 0. The number of rotatable bonds is 2. The van der Waals surface area contributed by atoms with Crippen LogP contribution in [0.25, 0.3) is 16.6 Å². The van der Waals surface area contributed by atoms with Crippen molar-refractivity contribution in [1.82, 2.24) is 14.4 Å². The molecule has 0 aliphatic heterocycles. The lowest BCUT2D eigenvalue weighted by Crippen LogP contribution is -2.00. The average molecular weight is 292 g/mol. The summed E-state index contributed by atoms with van der Waals surface area (Å²) in [4.78, 5) is 8.91. The number of anilines is 1. The third kappa shape index (κ3) is 2.07. The lowest BCUT2D eigenvalue weighted by molar-refractivity contribution is 0.629. The summed E-state index contributed by atoms with van der Waals surface area (Å²) in [5.41, 5.74) is 9.29. The molecule has 4 rings (SSSR count). The number of benzene rings is 2. The number of hydrogen-bond donors (Lipinski definition) is 1. The Bertz CT molecular complexity index is 976. The van der Waals surface area contributed by atoms with Crippen LogP contribution < -0.4 is 5.73 Å². The standard InChI is InChI=1S/C17H13FN4/c18-12-6-7-15-14(9-12)16-20-13(10-22(16)17(19)21-15)8-11-4-2-1-3-5-11/h1-7,9-10H,8H2,(H2,19,21). The number of halogens is 1. The van der Waals surface area contributed by atoms with Crippen LogP contribution in [0.15, 0.2) is 54.7 Å². The second-order valence-corrected chi connectivity index (χ2v) is 5.22. The van der Waals surface area contributed by atoms with Gasteiger partial charge in [-0.15, -0.1) is 0 Å². The van der Waals surface area contributed by atoms with Crippen molar-refractivity contribution in [3.05, 3.63) is 71.8 Å². The maximum absolute atomic E-state index is 13.5. The molecule has 0 aliphatic rings. The first-order valence-electron chi connectivity index (χ1n) is 6.97. The Morgan fingerprint density at radius 1 is 1.05 bits per heavy atom. The van der Waals surface area contributed by atoms with Crippen molar-refractivity contribution < 1.29 is 4.39 Å². The van der Waals surface area contributed by atoms with Crippen LogP contribution in [0.1, 0.15) is 11.3 Å². The first-order valence-corrected chi connectivity index (χ1v) is 6.97. The van der Waals surface area contributed by atoms with Crippen molar-refractivity contribution in [3.8, 4) is 0 Å². The molecular formula is C17H13FN4. The maximum Gasteiger partial charge on any atom is 0.206 e. The van der Waals surface area contributed by atoms with Crippen molar-refractivity contribution >= 4 is 22.5 Å². The third-order valence-electron chi connectivity index (χ3n) is 3.67. The van der Waals surface area contributed by atoms with Gasteiger partial charge in [0.15, 0.2) is 0 Å². The highest BCUT2D eigenvalue weighted by molar-refractivity contribution is 5.92. The number of aromatic nitrogens is 3. The van der Waals surface area contributed by atoms with Crippen LogP contribution in [0, 0.1) is 5.82 Å². The molecule has 2 aromatic heterocycles. The molecule has 22 heavy (non-hydrogen) atoms. The van der Waals surface area contributed by atoms with E-state index >= 15 is 0 Å². The number of imidazole rings is 1. The Labute approximate surface area is 126 Å². The summed E-state index contributed by atoms with van der Waals surface area (Å²) in [6, 6.07) is 14.5. The van der Waals surface area contributed by atoms with E-state index in [4.69, 9.17) is 5.73 Å². The van der Waals surface area contributed by atoms with Gasteiger partial charge in [-0.1, -0.05) is 30.3 Å². The molecule has 5 heteroatoms. The minimum absolute atomic E-state index is 0.311. The smallest absolute Gasteiger partial charge is 0.206 e. The Hall–Kier alpha value is -2.95. The molecule has 0 fully saturated rings. The van der Waals surface area contributed by atoms with Crippen LogP contribution in [0.3, 0.4) is 0 Å². The molecule has 2 heterocycles. The van der Waals surface area contributed by atoms with Gasteiger partial charge < -0.3 is 5.73 Å². The highest BCUT2D eigenvalue weighted by atomic mass is 19.1. The summed E-state index contributed by atoms with van der Waals surface area (Å²) in [5, 5.41) is 0.661. The molecule has 0 bridgehead atoms. The summed E-state index contributed by atoms with van der Waals surface area (Å²) < 4.78 is 15.2. The zero-order chi connectivity index (χ0) is 15.1. The van der Waals surface area contributed by atoms with Gasteiger partial charge in [0.1, 0.15) is 11.5 Å². The summed E-state index contributed by atoms with van der Waals surface area (Å²) in [6.07, 6.45) is 2.55. The molecule has 4 nitrogen and oxygen atoms in total. The molecule has 0 atom stereocenters. The molecule has 0 amide bonds. The van der Waals surface area contributed by atoms with Gasteiger partial charge in [0, 0.05) is 18.0 Å². The highest BCUT2D eigenvalue weighted by Crippen LogP contribution is 2.22. The fraction of sp³-hybridized carbons (Fsp3) is 0.0588. The molecular weight excluding hydrogens is 279 g/mol. The second-order valence-electron chi connectivity index (χ2n) is 5.22. The molecule has 0 spiro atoms. The van der Waals surface area contributed by atoms with Crippen molar-refractivity contribution in [1.29, 1.82) is 0 Å². The predicted molar refractivity (Wildman–Crippen MR) is 84.1 cm³/mol. The lowest BCUT2D eigenvalue weighted by Gasteiger charge is -2.03. The number of nitrogens with zero attached hydrogens (tertiary/aromatic N) is 3. The van der Waals surface area contributed by atoms with E-state index in [0.29, 0.717) is 28.9 Å². The monoisotopic (exact) mass is 292 g/mol. The Balaban J connectivity index is 1.91. The van der Waals surface area contributed by atoms with Crippen LogP contribution in [-0.2, 0) is 6.42 Å². The van der Waals surface area contributed by atoms with E-state index in [-0.39, 0.29) is 5.82 Å². The van der Waals surface area contributed by atoms with Crippen LogP contribution >= 0.6 is 0 Å². The fourth-order valence-electron chi connectivity index (χ4n) is 2.65. The van der Waals surface area contributed by atoms with Gasteiger partial charge in [0.2, 0.25) is 5.95 Å². The summed E-state index contributed by atoms with van der Waals surface area (Å²) in [7, 11) is 0. The molecule has 0 unspecified atom stereocenters. The van der Waals surface area contributed by atoms with Crippen molar-refractivity contribution in [3.63, 3.8) is 0 Å². The molecule has 4 aromatic rings. The SMILES string of the molecule is Nc1nc2ccc(F)cc2c2nc(Cc3ccccc3)cn12. The van der Waals surface area contributed by atoms with Crippen LogP contribution in [0.2, 0.25) is 0 Å². The summed E-state index contributed by atoms with van der Waals surface area (Å²) >= 11 is 0. The first kappa shape index (κ1) is 12.8. The van der Waals surface area contributed by atoms with Gasteiger partial charge in [-0.2, -0.15) is 0 Å². The lowest BCUT2D eigenvalue weighted by atomic mass is 10.1. The van der Waals surface area contributed by atoms with Gasteiger partial charge in [-0.05, 0) is 23.8 Å². The van der Waals surface area contributed by atoms with E-state index in [9.17, 15) is 4.39 Å². The second kappa shape index (κ2) is 4.80. The largest absolute Gasteiger partial charge is 0.369 e. The fourth-order valence-corrected chi connectivity index (χ4v) is 2.65. The molecule has 2 aromatic carbocycles. The Morgan fingerprint density at radius 3 is 2.68 bits per heavy atom. The van der Waals surface area contributed by atoms with Crippen molar-refractivity contribution in [2.24, 2.45) is 0 Å². The zero-order valence-electron chi connectivity index (χ0n) is 11.7. The summed E-state index contributed by atoms with van der Waals surface area (Å²) in [5.74, 6) is 0.0366. The topological polar surface area (TPSA) is 56.2 Å². The van der Waals surface area contributed by atoms with E-state index in [1.807, 2.05) is 36.5 Å². The average Bonchev–Trinajstić information content (AvgIpc) is 2.94. The minimum Gasteiger partial charge on any atom is -0.369 e. The Kier molecular flexibility index (Phi) is 2.79. The van der Waals surface area contributed by atoms with E-state index in [1.165, 1.54) is 12.1 Å². The van der Waals surface area contributed by atoms with Crippen LogP contribution in [0.5, 0.6) is 0 Å². The van der Waals surface area contributed by atoms with E-state index in [2.05, 4.69) is 9.97 Å². The molecule has 0 saturated carbocycles.